The van der Waals surface area contributed by atoms with Crippen LogP contribution in [0.25, 0.3) is 0 Å². The number of nitro benzene ring substituents is 1. The summed E-state index contributed by atoms with van der Waals surface area (Å²) in [5.74, 6) is 1.11. The van der Waals surface area contributed by atoms with Gasteiger partial charge in [-0.05, 0) is 18.9 Å². The SMILES string of the molecule is CCNC(=NCc1nc(C(C)C)cs1)NCCNc1ccccc1[N+](=O)[O-].I. The number of nitro groups is 1. The molecule has 0 radical (unpaired) electrons. The Morgan fingerprint density at radius 1 is 1.29 bits per heavy atom. The number of hydrogen-bond acceptors (Lipinski definition) is 6. The Balaban J connectivity index is 0.00000392. The van der Waals surface area contributed by atoms with Gasteiger partial charge in [0.15, 0.2) is 5.96 Å². The summed E-state index contributed by atoms with van der Waals surface area (Å²) in [7, 11) is 0. The number of anilines is 1. The minimum absolute atomic E-state index is 0. The van der Waals surface area contributed by atoms with Crippen molar-refractivity contribution in [2.24, 2.45) is 4.99 Å². The third kappa shape index (κ3) is 7.58. The topological polar surface area (TPSA) is 104 Å². The number of aliphatic imine (C=N–C) groups is 1. The van der Waals surface area contributed by atoms with Gasteiger partial charge in [0.05, 0.1) is 17.2 Å². The fourth-order valence-electron chi connectivity index (χ4n) is 2.31. The fraction of sp³-hybridized carbons (Fsp3) is 0.444. The molecule has 1 heterocycles. The minimum atomic E-state index is -0.388. The van der Waals surface area contributed by atoms with Gasteiger partial charge >= 0.3 is 0 Å². The van der Waals surface area contributed by atoms with Crippen molar-refractivity contribution in [3.63, 3.8) is 0 Å². The first-order chi connectivity index (χ1) is 13.0. The summed E-state index contributed by atoms with van der Waals surface area (Å²) in [6.45, 7) is 8.62. The number of guanidine groups is 1. The van der Waals surface area contributed by atoms with Crippen molar-refractivity contribution in [2.75, 3.05) is 25.0 Å². The van der Waals surface area contributed by atoms with Crippen LogP contribution in [0.5, 0.6) is 0 Å². The molecular formula is C18H27IN6O2S. The number of halogens is 1. The molecule has 0 unspecified atom stereocenters. The Hall–Kier alpha value is -1.95. The van der Waals surface area contributed by atoms with Crippen molar-refractivity contribution in [1.82, 2.24) is 15.6 Å². The van der Waals surface area contributed by atoms with Gasteiger partial charge in [0, 0.05) is 31.1 Å². The van der Waals surface area contributed by atoms with Gasteiger partial charge in [-0.1, -0.05) is 26.0 Å². The van der Waals surface area contributed by atoms with Gasteiger partial charge in [-0.25, -0.2) is 9.98 Å². The molecule has 3 N–H and O–H groups in total. The van der Waals surface area contributed by atoms with E-state index in [1.807, 2.05) is 6.92 Å². The molecule has 0 saturated heterocycles. The standard InChI is InChI=1S/C18H26N6O2S.HI/c1-4-19-18(22-11-17-23-15(12-27-17)13(2)3)21-10-9-20-14-7-5-6-8-16(14)24(25)26;/h5-8,12-13,20H,4,9-11H2,1-3H3,(H2,19,21,22);1H. The van der Waals surface area contributed by atoms with Crippen LogP contribution in [0.15, 0.2) is 34.6 Å². The molecule has 0 aliphatic rings. The second-order valence-electron chi connectivity index (χ2n) is 6.14. The molecule has 8 nitrogen and oxygen atoms in total. The summed E-state index contributed by atoms with van der Waals surface area (Å²) in [4.78, 5) is 19.8. The van der Waals surface area contributed by atoms with Crippen molar-refractivity contribution in [3.05, 3.63) is 50.5 Å². The average molecular weight is 518 g/mol. The number of aromatic nitrogens is 1. The molecule has 28 heavy (non-hydrogen) atoms. The number of nitrogens with one attached hydrogen (secondary N) is 3. The van der Waals surface area contributed by atoms with Crippen LogP contribution in [0.2, 0.25) is 0 Å². The highest BCUT2D eigenvalue weighted by Crippen LogP contribution is 2.22. The van der Waals surface area contributed by atoms with E-state index in [4.69, 9.17) is 0 Å². The van der Waals surface area contributed by atoms with Gasteiger partial charge in [-0.3, -0.25) is 10.1 Å². The molecule has 0 spiro atoms. The summed E-state index contributed by atoms with van der Waals surface area (Å²) in [6.07, 6.45) is 0. The van der Waals surface area contributed by atoms with Gasteiger partial charge in [0.1, 0.15) is 10.7 Å². The van der Waals surface area contributed by atoms with E-state index in [0.717, 1.165) is 17.2 Å². The first-order valence-electron chi connectivity index (χ1n) is 8.95. The maximum absolute atomic E-state index is 11.0. The summed E-state index contributed by atoms with van der Waals surface area (Å²) in [6, 6.07) is 6.61. The summed E-state index contributed by atoms with van der Waals surface area (Å²) in [5, 5.41) is 23.6. The second kappa shape index (κ2) is 12.5. The van der Waals surface area contributed by atoms with Gasteiger partial charge in [-0.15, -0.1) is 35.3 Å². The quantitative estimate of drug-likeness (QED) is 0.116. The first-order valence-corrected chi connectivity index (χ1v) is 9.83. The van der Waals surface area contributed by atoms with Crippen LogP contribution in [0, 0.1) is 10.1 Å². The van der Waals surface area contributed by atoms with E-state index in [9.17, 15) is 10.1 Å². The molecule has 2 aromatic rings. The molecule has 10 heteroatoms. The van der Waals surface area contributed by atoms with Crippen LogP contribution in [0.4, 0.5) is 11.4 Å². The van der Waals surface area contributed by atoms with Crippen LogP contribution >= 0.6 is 35.3 Å². The van der Waals surface area contributed by atoms with Gasteiger partial charge in [0.2, 0.25) is 0 Å². The highest BCUT2D eigenvalue weighted by Gasteiger charge is 2.11. The predicted octanol–water partition coefficient (Wildman–Crippen LogP) is 3.96. The number of rotatable bonds is 9. The lowest BCUT2D eigenvalue weighted by atomic mass is 10.2. The zero-order valence-corrected chi connectivity index (χ0v) is 19.4. The number of para-hydroxylation sites is 2. The predicted molar refractivity (Wildman–Crippen MR) is 126 cm³/mol. The van der Waals surface area contributed by atoms with Crippen LogP contribution in [0.3, 0.4) is 0 Å². The smallest absolute Gasteiger partial charge is 0.292 e. The van der Waals surface area contributed by atoms with E-state index in [-0.39, 0.29) is 34.6 Å². The van der Waals surface area contributed by atoms with E-state index in [2.05, 4.69) is 45.2 Å². The highest BCUT2D eigenvalue weighted by molar-refractivity contribution is 14.0. The molecule has 1 aromatic carbocycles. The molecule has 2 rings (SSSR count). The molecule has 154 valence electrons. The lowest BCUT2D eigenvalue weighted by molar-refractivity contribution is -0.384. The van der Waals surface area contributed by atoms with Crippen molar-refractivity contribution in [2.45, 2.75) is 33.2 Å². The first kappa shape index (κ1) is 24.1. The van der Waals surface area contributed by atoms with Gasteiger partial charge in [-0.2, -0.15) is 0 Å². The van der Waals surface area contributed by atoms with Gasteiger partial charge < -0.3 is 16.0 Å². The summed E-state index contributed by atoms with van der Waals surface area (Å²) >= 11 is 1.62. The van der Waals surface area contributed by atoms with Crippen molar-refractivity contribution >= 4 is 52.6 Å². The van der Waals surface area contributed by atoms with E-state index < -0.39 is 0 Å². The van der Waals surface area contributed by atoms with E-state index in [1.54, 1.807) is 29.5 Å². The van der Waals surface area contributed by atoms with Crippen molar-refractivity contribution < 1.29 is 4.92 Å². The molecule has 0 saturated carbocycles. The van der Waals surface area contributed by atoms with Crippen molar-refractivity contribution in [1.29, 1.82) is 0 Å². The zero-order chi connectivity index (χ0) is 19.6. The molecular weight excluding hydrogens is 491 g/mol. The number of thiazole rings is 1. The number of benzene rings is 1. The second-order valence-corrected chi connectivity index (χ2v) is 7.09. The molecule has 0 aliphatic heterocycles. The summed E-state index contributed by atoms with van der Waals surface area (Å²) in [5.41, 5.74) is 1.68. The lowest BCUT2D eigenvalue weighted by Gasteiger charge is -2.12. The molecule has 0 amide bonds. The molecule has 0 bridgehead atoms. The third-order valence-corrected chi connectivity index (χ3v) is 4.56. The van der Waals surface area contributed by atoms with E-state index >= 15 is 0 Å². The van der Waals surface area contributed by atoms with E-state index in [1.165, 1.54) is 6.07 Å². The number of nitrogens with zero attached hydrogens (tertiary/aromatic N) is 3. The van der Waals surface area contributed by atoms with E-state index in [0.29, 0.717) is 37.2 Å². The Kier molecular flexibility index (Phi) is 10.8. The highest BCUT2D eigenvalue weighted by atomic mass is 127. The average Bonchev–Trinajstić information content (AvgIpc) is 3.12. The number of hydrogen-bond donors (Lipinski definition) is 3. The Morgan fingerprint density at radius 2 is 2.04 bits per heavy atom. The normalized spacial score (nSPS) is 11.1. The minimum Gasteiger partial charge on any atom is -0.378 e. The largest absolute Gasteiger partial charge is 0.378 e. The van der Waals surface area contributed by atoms with Crippen molar-refractivity contribution in [3.8, 4) is 0 Å². The molecule has 0 atom stereocenters. The van der Waals surface area contributed by atoms with Gasteiger partial charge in [0.25, 0.3) is 5.69 Å². The molecule has 1 aromatic heterocycles. The lowest BCUT2D eigenvalue weighted by Crippen LogP contribution is -2.39. The fourth-order valence-corrected chi connectivity index (χ4v) is 3.19. The monoisotopic (exact) mass is 518 g/mol. The summed E-state index contributed by atoms with van der Waals surface area (Å²) < 4.78 is 0. The van der Waals surface area contributed by atoms with Crippen LogP contribution in [-0.4, -0.2) is 35.5 Å². The van der Waals surface area contributed by atoms with Crippen LogP contribution < -0.4 is 16.0 Å². The molecule has 0 fully saturated rings. The van der Waals surface area contributed by atoms with Crippen LogP contribution in [0.1, 0.15) is 37.4 Å². The maximum atomic E-state index is 11.0. The molecule has 0 aliphatic carbocycles. The third-order valence-electron chi connectivity index (χ3n) is 3.71. The zero-order valence-electron chi connectivity index (χ0n) is 16.3. The Morgan fingerprint density at radius 3 is 2.68 bits per heavy atom. The Bertz CT molecular complexity index is 781. The maximum Gasteiger partial charge on any atom is 0.292 e. The Labute approximate surface area is 186 Å². The van der Waals surface area contributed by atoms with Crippen LogP contribution in [-0.2, 0) is 6.54 Å².